The fourth-order valence-corrected chi connectivity index (χ4v) is 6.82. The van der Waals surface area contributed by atoms with Gasteiger partial charge in [0.25, 0.3) is 0 Å². The molecule has 0 amide bonds. The van der Waals surface area contributed by atoms with Crippen LogP contribution in [0.1, 0.15) is 38.8 Å². The molecule has 10 heteroatoms. The number of aliphatic hydroxyl groups is 2. The van der Waals surface area contributed by atoms with Gasteiger partial charge < -0.3 is 20.3 Å². The molecule has 1 saturated heterocycles. The largest absolute Gasteiger partial charge is 0.387 e. The van der Waals surface area contributed by atoms with Gasteiger partial charge in [0.15, 0.2) is 23.2 Å². The lowest BCUT2D eigenvalue weighted by molar-refractivity contribution is -0.0935. The number of anilines is 1. The average Bonchev–Trinajstić information content (AvgIpc) is 3.59. The second kappa shape index (κ2) is 8.44. The highest BCUT2D eigenvalue weighted by molar-refractivity contribution is 7.99. The lowest BCUT2D eigenvalue weighted by atomic mass is 9.95. The van der Waals surface area contributed by atoms with E-state index in [-0.39, 0.29) is 11.6 Å². The summed E-state index contributed by atoms with van der Waals surface area (Å²) in [4.78, 5) is 13.9. The number of fused-ring (bicyclic) bond motifs is 3. The number of aromatic nitrogens is 4. The van der Waals surface area contributed by atoms with Crippen LogP contribution in [0.5, 0.6) is 0 Å². The Bertz CT molecular complexity index is 1210. The summed E-state index contributed by atoms with van der Waals surface area (Å²) in [5, 5.41) is 25.6. The number of nitrogens with one attached hydrogen (secondary N) is 1. The Kier molecular flexibility index (Phi) is 5.51. The molecule has 1 aromatic carbocycles. The summed E-state index contributed by atoms with van der Waals surface area (Å²) in [6, 6.07) is 6.87. The molecular weight excluding hydrogens is 457 g/mol. The Morgan fingerprint density at radius 2 is 2.09 bits per heavy atom. The topological polar surface area (TPSA) is 105 Å². The Morgan fingerprint density at radius 3 is 2.85 bits per heavy atom. The van der Waals surface area contributed by atoms with Gasteiger partial charge in [-0.2, -0.15) is 0 Å². The summed E-state index contributed by atoms with van der Waals surface area (Å²) in [7, 11) is 0. The fraction of sp³-hybridized carbons (Fsp3) is 0.542. The van der Waals surface area contributed by atoms with Crippen molar-refractivity contribution in [1.29, 1.82) is 0 Å². The fourth-order valence-electron chi connectivity index (χ4n) is 5.84. The molecule has 180 valence electrons. The third-order valence-corrected chi connectivity index (χ3v) is 8.80. The molecule has 1 aliphatic heterocycles. The van der Waals surface area contributed by atoms with Crippen LogP contribution in [0, 0.1) is 17.7 Å². The van der Waals surface area contributed by atoms with Gasteiger partial charge in [0.2, 0.25) is 0 Å². The van der Waals surface area contributed by atoms with Gasteiger partial charge in [-0.3, -0.25) is 4.57 Å². The zero-order valence-electron chi connectivity index (χ0n) is 18.8. The Hall–Kier alpha value is -2.27. The van der Waals surface area contributed by atoms with Crippen LogP contribution in [-0.2, 0) is 4.74 Å². The van der Waals surface area contributed by atoms with E-state index in [1.807, 2.05) is 0 Å². The van der Waals surface area contributed by atoms with Crippen LogP contribution < -0.4 is 5.32 Å². The molecule has 2 bridgehead atoms. The third kappa shape index (κ3) is 3.67. The molecule has 6 rings (SSSR count). The van der Waals surface area contributed by atoms with Crippen LogP contribution in [0.25, 0.3) is 11.2 Å². The summed E-state index contributed by atoms with van der Waals surface area (Å²) in [5.74, 6) is 2.13. The molecule has 3 fully saturated rings. The maximum absolute atomic E-state index is 14.0. The Morgan fingerprint density at radius 1 is 1.24 bits per heavy atom. The smallest absolute Gasteiger partial charge is 0.168 e. The zero-order valence-corrected chi connectivity index (χ0v) is 19.7. The molecule has 0 spiro atoms. The van der Waals surface area contributed by atoms with E-state index in [9.17, 15) is 14.6 Å². The van der Waals surface area contributed by atoms with Crippen molar-refractivity contribution in [3.05, 3.63) is 42.7 Å². The SMILES string of the molecule is C[C@@]1(O)[C@H](O)[C@@H](CSc2ccccc2F)O[C@H]1n1cnc2c(N[C@H]3C[C@H]4CC[C@@H]3C4)ncnc21. The van der Waals surface area contributed by atoms with Crippen LogP contribution in [0.15, 0.2) is 41.8 Å². The number of thioether (sulfide) groups is 1. The van der Waals surface area contributed by atoms with Crippen molar-refractivity contribution < 1.29 is 19.3 Å². The molecule has 3 heterocycles. The highest BCUT2D eigenvalue weighted by atomic mass is 32.2. The van der Waals surface area contributed by atoms with E-state index in [0.29, 0.717) is 33.8 Å². The number of hydrogen-bond donors (Lipinski definition) is 3. The van der Waals surface area contributed by atoms with Gasteiger partial charge in [-0.25, -0.2) is 19.3 Å². The van der Waals surface area contributed by atoms with Crippen molar-refractivity contribution in [3.8, 4) is 0 Å². The highest BCUT2D eigenvalue weighted by Gasteiger charge is 2.53. The summed E-state index contributed by atoms with van der Waals surface area (Å²) >= 11 is 1.25. The summed E-state index contributed by atoms with van der Waals surface area (Å²) in [5.41, 5.74) is -0.444. The number of ether oxygens (including phenoxy) is 1. The number of aliphatic hydroxyl groups excluding tert-OH is 1. The first kappa shape index (κ1) is 22.2. The second-order valence-electron chi connectivity index (χ2n) is 9.91. The van der Waals surface area contributed by atoms with Crippen LogP contribution in [-0.4, -0.2) is 59.3 Å². The van der Waals surface area contributed by atoms with Crippen molar-refractivity contribution >= 4 is 28.7 Å². The quantitative estimate of drug-likeness (QED) is 0.457. The number of halogens is 1. The predicted octanol–water partition coefficient (Wildman–Crippen LogP) is 3.37. The number of hydrogen-bond acceptors (Lipinski definition) is 8. The number of benzene rings is 1. The Labute approximate surface area is 201 Å². The molecule has 2 saturated carbocycles. The molecule has 2 aromatic heterocycles. The second-order valence-corrected chi connectivity index (χ2v) is 11.0. The van der Waals surface area contributed by atoms with Crippen molar-refractivity contribution in [2.75, 3.05) is 11.1 Å². The minimum absolute atomic E-state index is 0.285. The first-order valence-electron chi connectivity index (χ1n) is 11.8. The molecule has 34 heavy (non-hydrogen) atoms. The van der Waals surface area contributed by atoms with E-state index in [1.54, 1.807) is 29.1 Å². The number of imidazole rings is 1. The van der Waals surface area contributed by atoms with Crippen LogP contribution in [0.3, 0.4) is 0 Å². The van der Waals surface area contributed by atoms with Crippen LogP contribution >= 0.6 is 11.8 Å². The zero-order chi connectivity index (χ0) is 23.4. The Balaban J connectivity index is 1.23. The van der Waals surface area contributed by atoms with Crippen LogP contribution in [0.4, 0.5) is 10.2 Å². The molecule has 8 nitrogen and oxygen atoms in total. The summed E-state index contributed by atoms with van der Waals surface area (Å²) in [6.07, 6.45) is 5.32. The molecule has 0 unspecified atom stereocenters. The van der Waals surface area contributed by atoms with E-state index >= 15 is 0 Å². The normalized spacial score (nSPS) is 34.8. The maximum atomic E-state index is 14.0. The van der Waals surface area contributed by atoms with E-state index in [4.69, 9.17) is 4.74 Å². The lowest BCUT2D eigenvalue weighted by Gasteiger charge is -2.27. The number of nitrogens with zero attached hydrogens (tertiary/aromatic N) is 4. The monoisotopic (exact) mass is 485 g/mol. The van der Waals surface area contributed by atoms with Crippen molar-refractivity contribution in [1.82, 2.24) is 19.5 Å². The summed E-state index contributed by atoms with van der Waals surface area (Å²) < 4.78 is 21.8. The van der Waals surface area contributed by atoms with E-state index in [2.05, 4.69) is 20.3 Å². The average molecular weight is 486 g/mol. The van der Waals surface area contributed by atoms with Gasteiger partial charge in [0.1, 0.15) is 23.8 Å². The van der Waals surface area contributed by atoms with Crippen LogP contribution in [0.2, 0.25) is 0 Å². The van der Waals surface area contributed by atoms with Gasteiger partial charge in [-0.05, 0) is 50.2 Å². The predicted molar refractivity (Wildman–Crippen MR) is 126 cm³/mol. The lowest BCUT2D eigenvalue weighted by Crippen LogP contribution is -2.44. The van der Waals surface area contributed by atoms with Crippen molar-refractivity contribution in [3.63, 3.8) is 0 Å². The van der Waals surface area contributed by atoms with Gasteiger partial charge in [0, 0.05) is 16.7 Å². The maximum Gasteiger partial charge on any atom is 0.168 e. The molecule has 7 atom stereocenters. The highest BCUT2D eigenvalue weighted by Crippen LogP contribution is 2.46. The molecule has 3 aliphatic rings. The first-order valence-corrected chi connectivity index (χ1v) is 12.8. The standard InChI is InChI=1S/C24H28FN5O3S/c1-24(32)20(31)17(10-34-18-5-3-2-4-15(18)25)33-23(24)30-12-28-19-21(26-11-27-22(19)30)29-16-9-13-6-7-14(16)8-13/h2-5,11-14,16-17,20,23,31-32H,6-10H2,1H3,(H,26,27,29)/t13-,14+,16-,17+,20+,23+,24+/m0/s1. The van der Waals surface area contributed by atoms with Crippen molar-refractivity contribution in [2.45, 2.75) is 67.6 Å². The van der Waals surface area contributed by atoms with Gasteiger partial charge in [0.05, 0.1) is 12.4 Å². The van der Waals surface area contributed by atoms with E-state index < -0.39 is 24.0 Å². The van der Waals surface area contributed by atoms with Gasteiger partial charge >= 0.3 is 0 Å². The minimum atomic E-state index is -1.59. The minimum Gasteiger partial charge on any atom is -0.387 e. The molecule has 0 radical (unpaired) electrons. The molecule has 2 aliphatic carbocycles. The van der Waals surface area contributed by atoms with Gasteiger partial charge in [-0.1, -0.05) is 18.6 Å². The van der Waals surface area contributed by atoms with E-state index in [0.717, 1.165) is 12.3 Å². The summed E-state index contributed by atoms with van der Waals surface area (Å²) in [6.45, 7) is 1.54. The van der Waals surface area contributed by atoms with E-state index in [1.165, 1.54) is 50.3 Å². The third-order valence-electron chi connectivity index (χ3n) is 7.67. The van der Waals surface area contributed by atoms with Crippen molar-refractivity contribution in [2.24, 2.45) is 11.8 Å². The van der Waals surface area contributed by atoms with Gasteiger partial charge in [-0.15, -0.1) is 11.8 Å². The molecule has 3 N–H and O–H groups in total. The molecular formula is C24H28FN5O3S. The first-order chi connectivity index (χ1) is 16.4. The molecule has 3 aromatic rings. The number of rotatable bonds is 6.